The van der Waals surface area contributed by atoms with Gasteiger partial charge in [-0.05, 0) is 41.3 Å². The summed E-state index contributed by atoms with van der Waals surface area (Å²) in [6.45, 7) is 6.13. The van der Waals surface area contributed by atoms with E-state index in [1.54, 1.807) is 44.6 Å². The molecule has 0 unspecified atom stereocenters. The first-order chi connectivity index (χ1) is 13.7. The summed E-state index contributed by atoms with van der Waals surface area (Å²) in [7, 11) is 3.10. The average Bonchev–Trinajstić information content (AvgIpc) is 2.71. The van der Waals surface area contributed by atoms with Crippen LogP contribution in [-0.4, -0.2) is 38.8 Å². The number of hydrogen-bond donors (Lipinski definition) is 2. The van der Waals surface area contributed by atoms with Gasteiger partial charge in [0.05, 0.1) is 27.0 Å². The van der Waals surface area contributed by atoms with E-state index in [0.29, 0.717) is 22.6 Å². The van der Waals surface area contributed by atoms with Crippen LogP contribution in [0.3, 0.4) is 0 Å². The van der Waals surface area contributed by atoms with Crippen LogP contribution in [0.5, 0.6) is 11.5 Å². The molecule has 7 heteroatoms. The fraction of sp³-hybridized carbons (Fsp3) is 0.318. The second kappa shape index (κ2) is 9.73. The summed E-state index contributed by atoms with van der Waals surface area (Å²) in [5.74, 6) is 0.473. The van der Waals surface area contributed by atoms with Crippen LogP contribution in [-0.2, 0) is 10.2 Å². The molecule has 2 rings (SSSR count). The highest BCUT2D eigenvalue weighted by Crippen LogP contribution is 2.23. The summed E-state index contributed by atoms with van der Waals surface area (Å²) in [6, 6.07) is 12.6. The van der Waals surface area contributed by atoms with Gasteiger partial charge >= 0.3 is 0 Å². The molecule has 0 aromatic heterocycles. The molecule has 7 nitrogen and oxygen atoms in total. The van der Waals surface area contributed by atoms with E-state index in [4.69, 9.17) is 9.47 Å². The first-order valence-corrected chi connectivity index (χ1v) is 9.17. The van der Waals surface area contributed by atoms with Gasteiger partial charge in [-0.15, -0.1) is 0 Å². The fourth-order valence-corrected chi connectivity index (χ4v) is 2.54. The fourth-order valence-electron chi connectivity index (χ4n) is 2.54. The lowest BCUT2D eigenvalue weighted by Crippen LogP contribution is -2.34. The molecule has 0 atom stereocenters. The molecule has 154 valence electrons. The SMILES string of the molecule is COc1ccc(OC)c(/C=N/NC(=O)CNC(=O)c2ccc(C(C)(C)C)cc2)c1. The van der Waals surface area contributed by atoms with Crippen LogP contribution in [0.25, 0.3) is 0 Å². The van der Waals surface area contributed by atoms with Crippen LogP contribution in [0.2, 0.25) is 0 Å². The van der Waals surface area contributed by atoms with Crippen molar-refractivity contribution in [2.24, 2.45) is 5.10 Å². The van der Waals surface area contributed by atoms with Gasteiger partial charge in [0.1, 0.15) is 11.5 Å². The Morgan fingerprint density at radius 1 is 1.03 bits per heavy atom. The number of amides is 2. The van der Waals surface area contributed by atoms with E-state index in [2.05, 4.69) is 36.6 Å². The van der Waals surface area contributed by atoms with Crippen molar-refractivity contribution in [3.05, 3.63) is 59.2 Å². The molecule has 0 radical (unpaired) electrons. The predicted molar refractivity (Wildman–Crippen MR) is 113 cm³/mol. The molecule has 0 bridgehead atoms. The Balaban J connectivity index is 1.88. The van der Waals surface area contributed by atoms with E-state index < -0.39 is 5.91 Å². The number of ether oxygens (including phenoxy) is 2. The van der Waals surface area contributed by atoms with Crippen molar-refractivity contribution in [3.8, 4) is 11.5 Å². The number of benzene rings is 2. The highest BCUT2D eigenvalue weighted by atomic mass is 16.5. The van der Waals surface area contributed by atoms with E-state index in [1.165, 1.54) is 6.21 Å². The topological polar surface area (TPSA) is 89.0 Å². The summed E-state index contributed by atoms with van der Waals surface area (Å²) >= 11 is 0. The molecule has 0 fully saturated rings. The zero-order valence-electron chi connectivity index (χ0n) is 17.4. The summed E-state index contributed by atoms with van der Waals surface area (Å²) in [6.07, 6.45) is 1.45. The van der Waals surface area contributed by atoms with Crippen LogP contribution in [0, 0.1) is 0 Å². The Bertz CT molecular complexity index is 884. The number of carbonyl (C=O) groups is 2. The van der Waals surface area contributed by atoms with Crippen LogP contribution < -0.4 is 20.2 Å². The third-order valence-corrected chi connectivity index (χ3v) is 4.25. The van der Waals surface area contributed by atoms with E-state index in [0.717, 1.165) is 5.56 Å². The normalized spacial score (nSPS) is 11.2. The Morgan fingerprint density at radius 3 is 2.31 bits per heavy atom. The first-order valence-electron chi connectivity index (χ1n) is 9.17. The minimum atomic E-state index is -0.442. The minimum absolute atomic E-state index is 0.0123. The third-order valence-electron chi connectivity index (χ3n) is 4.25. The molecular weight excluding hydrogens is 370 g/mol. The van der Waals surface area contributed by atoms with E-state index in [9.17, 15) is 9.59 Å². The van der Waals surface area contributed by atoms with Gasteiger partial charge in [-0.3, -0.25) is 9.59 Å². The summed E-state index contributed by atoms with van der Waals surface area (Å²) in [4.78, 5) is 24.1. The summed E-state index contributed by atoms with van der Waals surface area (Å²) in [5, 5.41) is 6.48. The molecule has 29 heavy (non-hydrogen) atoms. The van der Waals surface area contributed by atoms with Crippen molar-refractivity contribution in [2.45, 2.75) is 26.2 Å². The third kappa shape index (κ3) is 6.34. The van der Waals surface area contributed by atoms with Crippen LogP contribution in [0.1, 0.15) is 42.3 Å². The molecule has 0 aliphatic rings. The van der Waals surface area contributed by atoms with Crippen LogP contribution >= 0.6 is 0 Å². The van der Waals surface area contributed by atoms with Gasteiger partial charge in [0.2, 0.25) is 0 Å². The highest BCUT2D eigenvalue weighted by Gasteiger charge is 2.14. The number of nitrogens with one attached hydrogen (secondary N) is 2. The van der Waals surface area contributed by atoms with Crippen LogP contribution in [0.15, 0.2) is 47.6 Å². The molecular formula is C22H27N3O4. The zero-order chi connectivity index (χ0) is 21.4. The van der Waals surface area contributed by atoms with Crippen molar-refractivity contribution in [1.82, 2.24) is 10.7 Å². The van der Waals surface area contributed by atoms with Gasteiger partial charge in [-0.25, -0.2) is 5.43 Å². The van der Waals surface area contributed by atoms with Gasteiger partial charge in [0.15, 0.2) is 0 Å². The highest BCUT2D eigenvalue weighted by molar-refractivity contribution is 5.96. The van der Waals surface area contributed by atoms with Gasteiger partial charge in [0, 0.05) is 11.1 Å². The van der Waals surface area contributed by atoms with Gasteiger partial charge < -0.3 is 14.8 Å². The van der Waals surface area contributed by atoms with Gasteiger partial charge in [-0.1, -0.05) is 32.9 Å². The van der Waals surface area contributed by atoms with Crippen molar-refractivity contribution in [1.29, 1.82) is 0 Å². The number of rotatable bonds is 7. The Morgan fingerprint density at radius 2 is 1.72 bits per heavy atom. The predicted octanol–water partition coefficient (Wildman–Crippen LogP) is 2.88. The molecule has 2 amide bonds. The maximum atomic E-state index is 12.2. The Hall–Kier alpha value is -3.35. The average molecular weight is 397 g/mol. The smallest absolute Gasteiger partial charge is 0.259 e. The molecule has 0 aliphatic heterocycles. The van der Waals surface area contributed by atoms with Crippen molar-refractivity contribution in [3.63, 3.8) is 0 Å². The number of carbonyl (C=O) groups excluding carboxylic acids is 2. The Labute approximate surface area is 171 Å². The first kappa shape index (κ1) is 21.9. The minimum Gasteiger partial charge on any atom is -0.497 e. The standard InChI is InChI=1S/C22H27N3O4/c1-22(2,3)17-8-6-15(7-9-17)21(27)23-14-20(26)25-24-13-16-12-18(28-4)10-11-19(16)29-5/h6-13H,14H2,1-5H3,(H,23,27)(H,25,26)/b24-13+. The molecule has 0 heterocycles. The van der Waals surface area contributed by atoms with Gasteiger partial charge in [0.25, 0.3) is 11.8 Å². The maximum absolute atomic E-state index is 12.2. The lowest BCUT2D eigenvalue weighted by atomic mass is 9.87. The van der Waals surface area contributed by atoms with Crippen molar-refractivity contribution < 1.29 is 19.1 Å². The quantitative estimate of drug-likeness (QED) is 0.555. The maximum Gasteiger partial charge on any atom is 0.259 e. The molecule has 2 N–H and O–H groups in total. The van der Waals surface area contributed by atoms with E-state index in [1.807, 2.05) is 12.1 Å². The van der Waals surface area contributed by atoms with Crippen molar-refractivity contribution >= 4 is 18.0 Å². The monoisotopic (exact) mass is 397 g/mol. The number of methoxy groups -OCH3 is 2. The summed E-state index contributed by atoms with van der Waals surface area (Å²) in [5.41, 5.74) is 4.66. The second-order valence-electron chi connectivity index (χ2n) is 7.41. The van der Waals surface area contributed by atoms with Crippen LogP contribution in [0.4, 0.5) is 0 Å². The molecule has 0 saturated heterocycles. The van der Waals surface area contributed by atoms with E-state index >= 15 is 0 Å². The lowest BCUT2D eigenvalue weighted by molar-refractivity contribution is -0.120. The molecule has 2 aromatic carbocycles. The largest absolute Gasteiger partial charge is 0.497 e. The number of nitrogens with zero attached hydrogens (tertiary/aromatic N) is 1. The number of hydrogen-bond acceptors (Lipinski definition) is 5. The molecule has 0 saturated carbocycles. The summed E-state index contributed by atoms with van der Waals surface area (Å²) < 4.78 is 10.4. The lowest BCUT2D eigenvalue weighted by Gasteiger charge is -2.19. The van der Waals surface area contributed by atoms with Crippen molar-refractivity contribution in [2.75, 3.05) is 20.8 Å². The Kier molecular flexibility index (Phi) is 7.36. The second-order valence-corrected chi connectivity index (χ2v) is 7.41. The number of hydrazone groups is 1. The molecule has 2 aromatic rings. The van der Waals surface area contributed by atoms with Gasteiger partial charge in [-0.2, -0.15) is 5.10 Å². The molecule has 0 aliphatic carbocycles. The molecule has 0 spiro atoms. The zero-order valence-corrected chi connectivity index (χ0v) is 17.4. The van der Waals surface area contributed by atoms with E-state index in [-0.39, 0.29) is 17.9 Å².